The number of rotatable bonds is 18. The molecule has 2 aromatic rings. The molecule has 0 fully saturated rings. The van der Waals surface area contributed by atoms with Gasteiger partial charge in [-0.25, -0.2) is 4.79 Å². The number of phenolic OH excluding ortho intramolecular Hbond substituents is 2. The van der Waals surface area contributed by atoms with Crippen LogP contribution in [0, 0.1) is 5.92 Å². The van der Waals surface area contributed by atoms with Crippen molar-refractivity contribution >= 4 is 41.4 Å². The van der Waals surface area contributed by atoms with Gasteiger partial charge in [0.2, 0.25) is 35.4 Å². The highest BCUT2D eigenvalue weighted by atomic mass is 16.4. The van der Waals surface area contributed by atoms with Gasteiger partial charge in [-0.15, -0.1) is 0 Å². The Morgan fingerprint density at radius 2 is 1.42 bits per heavy atom. The van der Waals surface area contributed by atoms with Gasteiger partial charge in [0.05, 0.1) is 13.2 Å². The van der Waals surface area contributed by atoms with Crippen molar-refractivity contribution in [2.24, 2.45) is 5.92 Å². The maximum absolute atomic E-state index is 13.8. The van der Waals surface area contributed by atoms with Gasteiger partial charge in [0.25, 0.3) is 0 Å². The lowest BCUT2D eigenvalue weighted by atomic mass is 9.94. The van der Waals surface area contributed by atoms with Crippen molar-refractivity contribution in [1.82, 2.24) is 31.1 Å². The van der Waals surface area contributed by atoms with Crippen LogP contribution in [0.25, 0.3) is 11.1 Å². The van der Waals surface area contributed by atoms with Gasteiger partial charge in [0.15, 0.2) is 0 Å². The second-order valence-electron chi connectivity index (χ2n) is 15.6. The number of aromatic hydroxyl groups is 2. The smallest absolute Gasteiger partial charge is 0.326 e. The number of aliphatic hydroxyl groups excluding tert-OH is 1. The number of benzene rings is 2. The highest BCUT2D eigenvalue weighted by molar-refractivity contribution is 5.96. The van der Waals surface area contributed by atoms with Crippen LogP contribution in [0.15, 0.2) is 36.4 Å². The molecular formula is C42H60N6O11. The van der Waals surface area contributed by atoms with Gasteiger partial charge in [0, 0.05) is 38.1 Å². The summed E-state index contributed by atoms with van der Waals surface area (Å²) in [5.41, 5.74) is 0.722. The molecule has 1 heterocycles. The van der Waals surface area contributed by atoms with E-state index < -0.39 is 78.9 Å². The van der Waals surface area contributed by atoms with Gasteiger partial charge in [-0.05, 0) is 61.6 Å². The van der Waals surface area contributed by atoms with Gasteiger partial charge >= 0.3 is 5.97 Å². The number of nitrogens with one attached hydrogen (secondary N) is 4. The summed E-state index contributed by atoms with van der Waals surface area (Å²) in [4.78, 5) is 93.7. The number of phenols is 2. The molecule has 5 atom stereocenters. The summed E-state index contributed by atoms with van der Waals surface area (Å²) in [6, 6.07) is 1.62. The summed E-state index contributed by atoms with van der Waals surface area (Å²) >= 11 is 0. The van der Waals surface area contributed by atoms with E-state index in [4.69, 9.17) is 0 Å². The number of hydrogen-bond acceptors (Lipinski definition) is 10. The molecule has 0 radical (unpaired) electrons. The van der Waals surface area contributed by atoms with Gasteiger partial charge < -0.3 is 51.5 Å². The summed E-state index contributed by atoms with van der Waals surface area (Å²) in [6.45, 7) is 5.75. The van der Waals surface area contributed by atoms with Crippen molar-refractivity contribution in [1.29, 1.82) is 0 Å². The third kappa shape index (κ3) is 13.7. The summed E-state index contributed by atoms with van der Waals surface area (Å²) in [6.07, 6.45) is 7.16. The minimum absolute atomic E-state index is 0.0656. The molecule has 6 amide bonds. The van der Waals surface area contributed by atoms with E-state index in [-0.39, 0.29) is 46.9 Å². The third-order valence-electron chi connectivity index (χ3n) is 10.4. The van der Waals surface area contributed by atoms with Crippen LogP contribution in [0.4, 0.5) is 0 Å². The predicted octanol–water partition coefficient (Wildman–Crippen LogP) is 2.11. The number of carbonyl (C=O) groups is 7. The number of carboxylic acid groups (broad SMARTS) is 1. The first kappa shape index (κ1) is 47.7. The zero-order valence-corrected chi connectivity index (χ0v) is 34.7. The van der Waals surface area contributed by atoms with Crippen LogP contribution in [-0.2, 0) is 40.0 Å². The molecular weight excluding hydrogens is 764 g/mol. The molecule has 1 aliphatic rings. The maximum atomic E-state index is 13.8. The Hall–Kier alpha value is -5.71. The molecule has 0 saturated carbocycles. The molecule has 59 heavy (non-hydrogen) atoms. The van der Waals surface area contributed by atoms with Crippen molar-refractivity contribution in [3.8, 4) is 22.6 Å². The fourth-order valence-electron chi connectivity index (χ4n) is 6.73. The Kier molecular flexibility index (Phi) is 18.1. The van der Waals surface area contributed by atoms with Crippen LogP contribution in [0.1, 0.15) is 96.2 Å². The summed E-state index contributed by atoms with van der Waals surface area (Å²) in [7, 11) is 2.68. The molecule has 0 spiro atoms. The monoisotopic (exact) mass is 824 g/mol. The Labute approximate surface area is 344 Å². The number of aliphatic hydroxyl groups is 1. The predicted molar refractivity (Wildman–Crippen MR) is 218 cm³/mol. The normalized spacial score (nSPS) is 17.7. The van der Waals surface area contributed by atoms with E-state index in [2.05, 4.69) is 35.1 Å². The first-order chi connectivity index (χ1) is 27.9. The Bertz CT molecular complexity index is 1840. The molecule has 8 N–H and O–H groups in total. The van der Waals surface area contributed by atoms with E-state index in [0.29, 0.717) is 17.9 Å². The first-order valence-corrected chi connectivity index (χ1v) is 20.0. The molecule has 324 valence electrons. The minimum atomic E-state index is -1.47. The maximum Gasteiger partial charge on any atom is 0.326 e. The number of nitrogens with zero attached hydrogens (tertiary/aromatic N) is 2. The lowest BCUT2D eigenvalue weighted by molar-refractivity contribution is -0.143. The molecule has 1 aliphatic heterocycles. The number of aliphatic carboxylic acids is 1. The molecule has 4 bridgehead atoms. The molecule has 3 rings (SSSR count). The molecule has 5 unspecified atom stereocenters. The van der Waals surface area contributed by atoms with Gasteiger partial charge in [-0.2, -0.15) is 0 Å². The average Bonchev–Trinajstić information content (AvgIpc) is 3.18. The molecule has 17 nitrogen and oxygen atoms in total. The van der Waals surface area contributed by atoms with Crippen molar-refractivity contribution in [3.63, 3.8) is 0 Å². The number of unbranched alkanes of at least 4 members (excludes halogenated alkanes) is 5. The lowest BCUT2D eigenvalue weighted by Gasteiger charge is -2.30. The second-order valence-corrected chi connectivity index (χ2v) is 15.6. The lowest BCUT2D eigenvalue weighted by Crippen LogP contribution is -2.55. The number of carbonyl (C=O) groups excluding carboxylic acids is 6. The van der Waals surface area contributed by atoms with E-state index in [0.717, 1.165) is 35.5 Å². The van der Waals surface area contributed by atoms with Gasteiger partial charge in [-0.1, -0.05) is 64.5 Å². The number of amides is 6. The number of carboxylic acids is 1. The molecule has 17 heteroatoms. The van der Waals surface area contributed by atoms with Gasteiger partial charge in [-0.3, -0.25) is 28.8 Å². The van der Waals surface area contributed by atoms with Crippen molar-refractivity contribution < 1.29 is 54.0 Å². The van der Waals surface area contributed by atoms with Gasteiger partial charge in [0.1, 0.15) is 41.7 Å². The zero-order chi connectivity index (χ0) is 44.0. The van der Waals surface area contributed by atoms with E-state index in [1.54, 1.807) is 0 Å². The SMILES string of the molecule is CC(C)CCCCCCCCC(=O)N(C)C(CO)C(=O)NC(C)C(=O)NCC(=O)N(C)C1C(=O)NC(C)C(=O)NC(C(=O)O)Cc2ccc(O)c(c2)-c2cc1ccc2O. The number of likely N-dealkylation sites (N-methyl/N-ethyl adjacent to an activating group) is 2. The average molecular weight is 825 g/mol. The Morgan fingerprint density at radius 3 is 2.05 bits per heavy atom. The molecule has 0 aromatic heterocycles. The van der Waals surface area contributed by atoms with Crippen LogP contribution in [0.3, 0.4) is 0 Å². The van der Waals surface area contributed by atoms with E-state index >= 15 is 0 Å². The van der Waals surface area contributed by atoms with Crippen molar-refractivity contribution in [2.45, 2.75) is 116 Å². The quantitative estimate of drug-likeness (QED) is 0.101. The Morgan fingerprint density at radius 1 is 0.814 bits per heavy atom. The molecule has 2 aromatic carbocycles. The first-order valence-electron chi connectivity index (χ1n) is 20.0. The van der Waals surface area contributed by atoms with E-state index in [9.17, 15) is 54.0 Å². The summed E-state index contributed by atoms with van der Waals surface area (Å²) in [5.74, 6) is -5.58. The van der Waals surface area contributed by atoms with Crippen molar-refractivity contribution in [2.75, 3.05) is 27.2 Å². The zero-order valence-electron chi connectivity index (χ0n) is 34.7. The van der Waals surface area contributed by atoms with E-state index in [1.165, 1.54) is 77.2 Å². The minimum Gasteiger partial charge on any atom is -0.507 e. The Balaban J connectivity index is 1.70. The topological polar surface area (TPSA) is 255 Å². The molecule has 0 saturated heterocycles. The summed E-state index contributed by atoms with van der Waals surface area (Å²) in [5, 5.41) is 51.1. The van der Waals surface area contributed by atoms with Crippen molar-refractivity contribution in [3.05, 3.63) is 47.5 Å². The summed E-state index contributed by atoms with van der Waals surface area (Å²) < 4.78 is 0. The second kappa shape index (κ2) is 22.4. The fraction of sp³-hybridized carbons (Fsp3) is 0.548. The van der Waals surface area contributed by atoms with Crippen LogP contribution in [0.2, 0.25) is 0 Å². The largest absolute Gasteiger partial charge is 0.507 e. The standard InChI is InChI=1S/C42H60N6O11/c1-24(2)13-11-9-7-8-10-12-14-35(52)47(5)32(23-49)40(56)44-25(3)38(54)43-22-36(53)48(6)37-28-16-18-34(51)30(21-28)29-19-27(15-17-33(29)50)20-31(42(58)59)46-39(55)26(4)45-41(37)57/h15-19,21,24-26,31-32,37,49-51H,7-14,20,22-23H2,1-6H3,(H,43,54)(H,44,56)(H,45,57)(H,46,55)(H,58,59). The van der Waals surface area contributed by atoms with E-state index in [1.807, 2.05) is 0 Å². The molecule has 0 aliphatic carbocycles. The fourth-order valence-corrected chi connectivity index (χ4v) is 6.73. The van der Waals surface area contributed by atoms with Crippen LogP contribution >= 0.6 is 0 Å². The van der Waals surface area contributed by atoms with Crippen LogP contribution in [0.5, 0.6) is 11.5 Å². The van der Waals surface area contributed by atoms with Crippen LogP contribution in [-0.4, -0.2) is 123 Å². The highest BCUT2D eigenvalue weighted by Gasteiger charge is 2.34. The van der Waals surface area contributed by atoms with Crippen LogP contribution < -0.4 is 21.3 Å². The third-order valence-corrected chi connectivity index (χ3v) is 10.4. The highest BCUT2D eigenvalue weighted by Crippen LogP contribution is 2.38. The number of hydrogen-bond donors (Lipinski definition) is 8. The number of fused-ring (bicyclic) bond motifs is 5.